The third kappa shape index (κ3) is 2.19. The van der Waals surface area contributed by atoms with Crippen LogP contribution in [-0.4, -0.2) is 25.5 Å². The predicted molar refractivity (Wildman–Crippen MR) is 85.9 cm³/mol. The fourth-order valence-corrected chi connectivity index (χ4v) is 4.47. The van der Waals surface area contributed by atoms with Crippen LogP contribution in [0.15, 0.2) is 24.3 Å². The van der Waals surface area contributed by atoms with Crippen molar-refractivity contribution in [1.82, 2.24) is 5.32 Å². The molecule has 4 nitrogen and oxygen atoms in total. The van der Waals surface area contributed by atoms with Crippen molar-refractivity contribution in [1.29, 1.82) is 0 Å². The molecule has 0 unspecified atom stereocenters. The summed E-state index contributed by atoms with van der Waals surface area (Å²) in [5.74, 6) is -0.0274. The van der Waals surface area contributed by atoms with Gasteiger partial charge in [-0.15, -0.1) is 0 Å². The third-order valence-corrected chi connectivity index (χ3v) is 6.12. The Kier molecular flexibility index (Phi) is 3.26. The zero-order valence-corrected chi connectivity index (χ0v) is 13.6. The number of benzene rings is 1. The average molecular weight is 313 g/mol. The molecule has 1 N–H and O–H groups in total. The highest BCUT2D eigenvalue weighted by Gasteiger charge is 2.59. The monoisotopic (exact) mass is 313 g/mol. The lowest BCUT2D eigenvalue weighted by atomic mass is 9.78. The van der Waals surface area contributed by atoms with Crippen LogP contribution in [0.3, 0.4) is 0 Å². The van der Waals surface area contributed by atoms with Gasteiger partial charge in [0.25, 0.3) is 0 Å². The molecule has 2 atom stereocenters. The molecular weight excluding hydrogens is 290 g/mol. The quantitative estimate of drug-likeness (QED) is 0.686. The van der Waals surface area contributed by atoms with Crippen molar-refractivity contribution in [3.63, 3.8) is 0 Å². The summed E-state index contributed by atoms with van der Waals surface area (Å²) in [5.41, 5.74) is 2.34. The number of amides is 1. The lowest BCUT2D eigenvalue weighted by Gasteiger charge is -2.27. The second kappa shape index (κ2) is 5.08. The molecule has 1 aromatic carbocycles. The van der Waals surface area contributed by atoms with Crippen LogP contribution >= 0.6 is 0 Å². The number of fused-ring (bicyclic) bond motifs is 2. The number of carbonyl (C=O) groups is 2. The maximum Gasteiger partial charge on any atom is 0.321 e. The molecular formula is C19H23NO3. The molecule has 2 fully saturated rings. The third-order valence-electron chi connectivity index (χ3n) is 6.12. The van der Waals surface area contributed by atoms with Crippen LogP contribution in [0.2, 0.25) is 0 Å². The maximum absolute atomic E-state index is 12.4. The first-order valence-corrected chi connectivity index (χ1v) is 8.57. The van der Waals surface area contributed by atoms with Crippen LogP contribution in [0, 0.1) is 11.3 Å². The Hall–Kier alpha value is -1.84. The number of hydrogen-bond acceptors (Lipinski definition) is 3. The molecule has 0 aromatic heterocycles. The van der Waals surface area contributed by atoms with Crippen molar-refractivity contribution in [2.24, 2.45) is 11.3 Å². The van der Waals surface area contributed by atoms with Crippen molar-refractivity contribution in [3.05, 3.63) is 35.4 Å². The van der Waals surface area contributed by atoms with Crippen LogP contribution in [0.5, 0.6) is 0 Å². The molecule has 4 heteroatoms. The van der Waals surface area contributed by atoms with Gasteiger partial charge in [-0.25, -0.2) is 0 Å². The highest BCUT2D eigenvalue weighted by molar-refractivity contribution is 6.05. The van der Waals surface area contributed by atoms with Gasteiger partial charge in [0, 0.05) is 12.0 Å². The van der Waals surface area contributed by atoms with Crippen molar-refractivity contribution in [2.75, 3.05) is 13.7 Å². The second-order valence-corrected chi connectivity index (χ2v) is 7.35. The van der Waals surface area contributed by atoms with Crippen LogP contribution in [-0.2, 0) is 26.2 Å². The fraction of sp³-hybridized carbons (Fsp3) is 0.579. The lowest BCUT2D eigenvalue weighted by Crippen LogP contribution is -2.39. The largest absolute Gasteiger partial charge is 0.468 e. The number of methoxy groups -OCH3 is 1. The molecule has 1 aromatic rings. The first kappa shape index (κ1) is 14.7. The Balaban J connectivity index is 1.42. The number of hydrogen-bond donors (Lipinski definition) is 1. The van der Waals surface area contributed by atoms with E-state index in [1.807, 2.05) is 0 Å². The Morgan fingerprint density at radius 2 is 2.04 bits per heavy atom. The predicted octanol–water partition coefficient (Wildman–Crippen LogP) is 2.35. The minimum atomic E-state index is -0.888. The summed E-state index contributed by atoms with van der Waals surface area (Å²) in [6, 6.07) is 8.73. The van der Waals surface area contributed by atoms with Gasteiger partial charge >= 0.3 is 5.97 Å². The molecule has 4 rings (SSSR count). The van der Waals surface area contributed by atoms with E-state index in [0.717, 1.165) is 6.42 Å². The highest BCUT2D eigenvalue weighted by atomic mass is 16.5. The number of aryl methyl sites for hydroxylation is 1. The molecule has 3 aliphatic rings. The maximum atomic E-state index is 12.4. The topological polar surface area (TPSA) is 55.4 Å². The van der Waals surface area contributed by atoms with Gasteiger partial charge in [-0.2, -0.15) is 0 Å². The van der Waals surface area contributed by atoms with Gasteiger partial charge in [0.2, 0.25) is 5.91 Å². The molecule has 3 aliphatic carbocycles. The zero-order valence-electron chi connectivity index (χ0n) is 13.6. The zero-order chi connectivity index (χ0) is 16.1. The first-order valence-electron chi connectivity index (χ1n) is 8.57. The normalized spacial score (nSPS) is 29.5. The molecule has 1 amide bonds. The molecule has 0 aliphatic heterocycles. The van der Waals surface area contributed by atoms with Crippen LogP contribution in [0.1, 0.15) is 43.2 Å². The summed E-state index contributed by atoms with van der Waals surface area (Å²) in [6.45, 7) is 0.673. The van der Waals surface area contributed by atoms with Gasteiger partial charge in [0.1, 0.15) is 5.41 Å². The summed E-state index contributed by atoms with van der Waals surface area (Å²) in [7, 11) is 1.35. The number of ether oxygens (including phenoxy) is 1. The number of rotatable bonds is 4. The van der Waals surface area contributed by atoms with Crippen LogP contribution < -0.4 is 5.32 Å². The van der Waals surface area contributed by atoms with Gasteiger partial charge in [0.15, 0.2) is 0 Å². The van der Waals surface area contributed by atoms with E-state index < -0.39 is 5.41 Å². The van der Waals surface area contributed by atoms with E-state index in [0.29, 0.717) is 25.3 Å². The van der Waals surface area contributed by atoms with E-state index in [4.69, 9.17) is 4.74 Å². The van der Waals surface area contributed by atoms with E-state index >= 15 is 0 Å². The molecule has 122 valence electrons. The van der Waals surface area contributed by atoms with Gasteiger partial charge in [0.05, 0.1) is 7.11 Å². The average Bonchev–Trinajstić information content (AvgIpc) is 3.49. The Morgan fingerprint density at radius 1 is 1.26 bits per heavy atom. The summed E-state index contributed by atoms with van der Waals surface area (Å²) in [6.07, 6.45) is 5.99. The van der Waals surface area contributed by atoms with Crippen molar-refractivity contribution in [2.45, 2.75) is 43.9 Å². The summed E-state index contributed by atoms with van der Waals surface area (Å²) in [4.78, 5) is 24.1. The first-order chi connectivity index (χ1) is 11.1. The summed E-state index contributed by atoms with van der Waals surface area (Å²) >= 11 is 0. The van der Waals surface area contributed by atoms with E-state index in [-0.39, 0.29) is 17.3 Å². The summed E-state index contributed by atoms with van der Waals surface area (Å²) < 4.78 is 4.78. The standard InChI is InChI=1S/C19H23NO3/c1-23-17(22)18(9-10-18)16(21)20-12-14-11-19(14)8-4-6-13-5-2-3-7-15(13)19/h2-3,5,7,14H,4,6,8-12H2,1H3,(H,20,21)/t14-,19+/m0/s1. The fourth-order valence-electron chi connectivity index (χ4n) is 4.47. The van der Waals surface area contributed by atoms with Gasteiger partial charge in [-0.3, -0.25) is 9.59 Å². The van der Waals surface area contributed by atoms with Crippen molar-refractivity contribution in [3.8, 4) is 0 Å². The van der Waals surface area contributed by atoms with Crippen LogP contribution in [0.25, 0.3) is 0 Å². The van der Waals surface area contributed by atoms with Crippen LogP contribution in [0.4, 0.5) is 0 Å². The van der Waals surface area contributed by atoms with E-state index in [2.05, 4.69) is 29.6 Å². The number of nitrogens with one attached hydrogen (secondary N) is 1. The van der Waals surface area contributed by atoms with Gasteiger partial charge in [-0.05, 0) is 55.6 Å². The second-order valence-electron chi connectivity index (χ2n) is 7.35. The number of esters is 1. The minimum Gasteiger partial charge on any atom is -0.468 e. The SMILES string of the molecule is COC(=O)C1(C(=O)NC[C@@H]2C[C@]23CCCc2ccccc23)CC1. The van der Waals surface area contributed by atoms with Crippen molar-refractivity contribution < 1.29 is 14.3 Å². The molecule has 2 saturated carbocycles. The number of carbonyl (C=O) groups excluding carboxylic acids is 2. The molecule has 1 spiro atoms. The smallest absolute Gasteiger partial charge is 0.321 e. The molecule has 23 heavy (non-hydrogen) atoms. The summed E-state index contributed by atoms with van der Waals surface area (Å²) in [5, 5.41) is 3.03. The lowest BCUT2D eigenvalue weighted by molar-refractivity contribution is -0.152. The molecule has 0 radical (unpaired) electrons. The molecule has 0 bridgehead atoms. The molecule has 0 saturated heterocycles. The molecule has 0 heterocycles. The minimum absolute atomic E-state index is 0.143. The Bertz CT molecular complexity index is 664. The highest BCUT2D eigenvalue weighted by Crippen LogP contribution is 2.60. The Labute approximate surface area is 136 Å². The van der Waals surface area contributed by atoms with Crippen molar-refractivity contribution >= 4 is 11.9 Å². The van der Waals surface area contributed by atoms with E-state index in [9.17, 15) is 9.59 Å². The van der Waals surface area contributed by atoms with E-state index in [1.54, 1.807) is 0 Å². The Morgan fingerprint density at radius 3 is 2.78 bits per heavy atom. The van der Waals surface area contributed by atoms with E-state index in [1.165, 1.54) is 37.5 Å². The van der Waals surface area contributed by atoms with Gasteiger partial charge in [-0.1, -0.05) is 24.3 Å². The van der Waals surface area contributed by atoms with Gasteiger partial charge < -0.3 is 10.1 Å².